The SMILES string of the molecule is C[N+](C)(C)CCCC(I)(I)[N+](C)(C)C. The molecule has 0 bridgehead atoms. The van der Waals surface area contributed by atoms with Crippen molar-refractivity contribution in [1.82, 2.24) is 0 Å². The highest BCUT2D eigenvalue weighted by Gasteiger charge is 2.36. The fourth-order valence-corrected chi connectivity index (χ4v) is 1.86. The topological polar surface area (TPSA) is 0 Å². The highest BCUT2D eigenvalue weighted by Crippen LogP contribution is 2.39. The predicted octanol–water partition coefficient (Wildman–Crippen LogP) is 2.70. The molecule has 0 fully saturated rings. The molecule has 0 aliphatic rings. The van der Waals surface area contributed by atoms with Crippen LogP contribution in [0.5, 0.6) is 0 Å². The van der Waals surface area contributed by atoms with Gasteiger partial charge in [-0.1, -0.05) is 0 Å². The molecule has 2 nitrogen and oxygen atoms in total. The average Bonchev–Trinajstić information content (AvgIpc) is 1.80. The second-order valence-electron chi connectivity index (χ2n) is 5.80. The number of hydrogen-bond acceptors (Lipinski definition) is 0. The molecule has 0 spiro atoms. The minimum Gasteiger partial charge on any atom is -0.331 e. The molecule has 0 unspecified atom stereocenters. The van der Waals surface area contributed by atoms with Crippen LogP contribution < -0.4 is 0 Å². The van der Waals surface area contributed by atoms with Crippen LogP contribution in [0.3, 0.4) is 0 Å². The van der Waals surface area contributed by atoms with Gasteiger partial charge in [0.1, 0.15) is 0 Å². The minimum atomic E-state index is 0.324. The van der Waals surface area contributed by atoms with Gasteiger partial charge in [0, 0.05) is 58.0 Å². The van der Waals surface area contributed by atoms with E-state index in [4.69, 9.17) is 0 Å². The number of rotatable bonds is 5. The van der Waals surface area contributed by atoms with Crippen molar-refractivity contribution < 1.29 is 8.97 Å². The van der Waals surface area contributed by atoms with Crippen molar-refractivity contribution in [1.29, 1.82) is 0 Å². The van der Waals surface area contributed by atoms with Crippen LogP contribution in [0, 0.1) is 0 Å². The van der Waals surface area contributed by atoms with E-state index in [-0.39, 0.29) is 0 Å². The van der Waals surface area contributed by atoms with E-state index in [2.05, 4.69) is 87.5 Å². The van der Waals surface area contributed by atoms with Crippen molar-refractivity contribution >= 4 is 45.2 Å². The quantitative estimate of drug-likeness (QED) is 0.275. The van der Waals surface area contributed by atoms with Crippen molar-refractivity contribution in [2.75, 3.05) is 48.8 Å². The van der Waals surface area contributed by atoms with Gasteiger partial charge in [-0.15, -0.1) is 0 Å². The van der Waals surface area contributed by atoms with E-state index in [1.165, 1.54) is 19.4 Å². The lowest BCUT2D eigenvalue weighted by Gasteiger charge is -2.38. The van der Waals surface area contributed by atoms with E-state index >= 15 is 0 Å². The van der Waals surface area contributed by atoms with Gasteiger partial charge in [-0.25, -0.2) is 0 Å². The Kier molecular flexibility index (Phi) is 5.65. The summed E-state index contributed by atoms with van der Waals surface area (Å²) < 4.78 is 2.41. The zero-order chi connectivity index (χ0) is 11.6. The third kappa shape index (κ3) is 6.07. The average molecular weight is 426 g/mol. The summed E-state index contributed by atoms with van der Waals surface area (Å²) in [6, 6.07) is 0. The summed E-state index contributed by atoms with van der Waals surface area (Å²) in [6.07, 6.45) is 2.57. The molecule has 0 saturated carbocycles. The second-order valence-corrected chi connectivity index (χ2v) is 11.4. The Morgan fingerprint density at radius 3 is 1.64 bits per heavy atom. The summed E-state index contributed by atoms with van der Waals surface area (Å²) in [5, 5.41) is 0. The standard InChI is InChI=1S/C10H24I2N2/c1-13(2,3)9-7-8-10(11,12)14(4,5)6/h7-9H2,1-6H3/q+2. The predicted molar refractivity (Wildman–Crippen MR) is 80.9 cm³/mol. The molecular formula is C10H24I2N2+2. The minimum absolute atomic E-state index is 0.324. The fourth-order valence-electron chi connectivity index (χ4n) is 1.10. The summed E-state index contributed by atoms with van der Waals surface area (Å²) in [7, 11) is 13.6. The van der Waals surface area contributed by atoms with Crippen molar-refractivity contribution in [3.05, 3.63) is 0 Å². The summed E-state index contributed by atoms with van der Waals surface area (Å²) in [4.78, 5) is 0. The Balaban J connectivity index is 4.02. The lowest BCUT2D eigenvalue weighted by atomic mass is 10.2. The lowest BCUT2D eigenvalue weighted by Crippen LogP contribution is -2.49. The first-order valence-electron chi connectivity index (χ1n) is 4.95. The molecule has 86 valence electrons. The summed E-state index contributed by atoms with van der Waals surface area (Å²) in [5.41, 5.74) is 0. The normalized spacial score (nSPS) is 14.6. The van der Waals surface area contributed by atoms with Crippen molar-refractivity contribution in [3.8, 4) is 0 Å². The molecule has 0 rings (SSSR count). The smallest absolute Gasteiger partial charge is 0.198 e. The van der Waals surface area contributed by atoms with Gasteiger partial charge in [0.25, 0.3) is 0 Å². The maximum atomic E-state index is 2.59. The molecule has 14 heavy (non-hydrogen) atoms. The lowest BCUT2D eigenvalue weighted by molar-refractivity contribution is -0.885. The van der Waals surface area contributed by atoms with E-state index in [1.807, 2.05) is 0 Å². The summed E-state index contributed by atoms with van der Waals surface area (Å²) in [6.45, 7) is 1.26. The maximum absolute atomic E-state index is 2.59. The third-order valence-electron chi connectivity index (χ3n) is 2.29. The Morgan fingerprint density at radius 2 is 1.36 bits per heavy atom. The van der Waals surface area contributed by atoms with Crippen molar-refractivity contribution in [3.63, 3.8) is 0 Å². The Morgan fingerprint density at radius 1 is 0.929 bits per heavy atom. The largest absolute Gasteiger partial charge is 0.331 e. The zero-order valence-electron chi connectivity index (χ0n) is 10.3. The number of hydrogen-bond donors (Lipinski definition) is 0. The third-order valence-corrected chi connectivity index (χ3v) is 6.26. The zero-order valence-corrected chi connectivity index (χ0v) is 14.6. The van der Waals surface area contributed by atoms with Crippen LogP contribution in [-0.4, -0.2) is 59.3 Å². The van der Waals surface area contributed by atoms with Crippen molar-refractivity contribution in [2.24, 2.45) is 0 Å². The molecule has 0 aromatic heterocycles. The monoisotopic (exact) mass is 426 g/mol. The van der Waals surface area contributed by atoms with Crippen LogP contribution in [0.4, 0.5) is 0 Å². The molecule has 0 N–H and O–H groups in total. The first-order chi connectivity index (χ1) is 5.96. The van der Waals surface area contributed by atoms with Gasteiger partial charge in [-0.2, -0.15) is 0 Å². The molecule has 0 aromatic carbocycles. The molecular weight excluding hydrogens is 402 g/mol. The van der Waals surface area contributed by atoms with Crippen LogP contribution in [0.1, 0.15) is 12.8 Å². The molecule has 4 heteroatoms. The van der Waals surface area contributed by atoms with Gasteiger partial charge in [-0.3, -0.25) is 0 Å². The molecule has 0 aliphatic heterocycles. The number of nitrogens with zero attached hydrogens (tertiary/aromatic N) is 2. The summed E-state index contributed by atoms with van der Waals surface area (Å²) >= 11 is 5.17. The number of alkyl halides is 2. The van der Waals surface area contributed by atoms with Gasteiger partial charge in [-0.05, 0) is 0 Å². The maximum Gasteiger partial charge on any atom is 0.198 e. The Labute approximate surface area is 116 Å². The van der Waals surface area contributed by atoms with Gasteiger partial charge in [0.2, 0.25) is 0 Å². The van der Waals surface area contributed by atoms with Gasteiger partial charge in [0.05, 0.1) is 48.8 Å². The van der Waals surface area contributed by atoms with Crippen LogP contribution in [0.25, 0.3) is 0 Å². The fraction of sp³-hybridized carbons (Fsp3) is 1.00. The van der Waals surface area contributed by atoms with E-state index in [1.54, 1.807) is 0 Å². The van der Waals surface area contributed by atoms with E-state index in [0.29, 0.717) is 1.55 Å². The van der Waals surface area contributed by atoms with Crippen LogP contribution in [0.2, 0.25) is 0 Å². The highest BCUT2D eigenvalue weighted by molar-refractivity contribution is 14.2. The molecule has 0 heterocycles. The summed E-state index contributed by atoms with van der Waals surface area (Å²) in [5.74, 6) is 0. The molecule has 0 aliphatic carbocycles. The molecule has 0 atom stereocenters. The van der Waals surface area contributed by atoms with Gasteiger partial charge < -0.3 is 8.97 Å². The van der Waals surface area contributed by atoms with Crippen LogP contribution in [0.15, 0.2) is 0 Å². The van der Waals surface area contributed by atoms with E-state index in [0.717, 1.165) is 8.97 Å². The first kappa shape index (κ1) is 15.4. The van der Waals surface area contributed by atoms with Crippen LogP contribution in [-0.2, 0) is 0 Å². The van der Waals surface area contributed by atoms with E-state index in [9.17, 15) is 0 Å². The highest BCUT2D eigenvalue weighted by atomic mass is 127. The molecule has 0 aromatic rings. The van der Waals surface area contributed by atoms with Crippen molar-refractivity contribution in [2.45, 2.75) is 14.4 Å². The second kappa shape index (κ2) is 5.14. The van der Waals surface area contributed by atoms with Gasteiger partial charge in [0.15, 0.2) is 1.55 Å². The molecule has 0 amide bonds. The number of halogens is 2. The Bertz CT molecular complexity index is 178. The van der Waals surface area contributed by atoms with Crippen LogP contribution >= 0.6 is 45.2 Å². The number of quaternary nitrogens is 2. The van der Waals surface area contributed by atoms with E-state index < -0.39 is 0 Å². The Hall–Kier alpha value is 1.38. The van der Waals surface area contributed by atoms with Gasteiger partial charge >= 0.3 is 0 Å². The first-order valence-corrected chi connectivity index (χ1v) is 7.11. The molecule has 0 saturated heterocycles. The molecule has 0 radical (unpaired) electrons.